The molecule has 0 saturated heterocycles. The van der Waals surface area contributed by atoms with Crippen molar-refractivity contribution in [2.45, 2.75) is 67.9 Å². The molecule has 4 nitrogen and oxygen atoms in total. The monoisotopic (exact) mass is 661 g/mol. The molecule has 0 amide bonds. The predicted octanol–water partition coefficient (Wildman–Crippen LogP) is 13.6. The molecule has 7 rings (SSSR count). The average molecular weight is 662 g/mol. The van der Waals surface area contributed by atoms with Crippen molar-refractivity contribution >= 4 is 51.6 Å². The molecule has 2 heterocycles. The Balaban J connectivity index is 0.00000117. The Hall–Kier alpha value is -5.35. The van der Waals surface area contributed by atoms with Crippen LogP contribution in [0.3, 0.4) is 0 Å². The van der Waals surface area contributed by atoms with E-state index in [0.29, 0.717) is 6.67 Å². The predicted molar refractivity (Wildman–Crippen MR) is 220 cm³/mol. The third-order valence-corrected chi connectivity index (χ3v) is 9.31. The quantitative estimate of drug-likeness (QED) is 0.160. The van der Waals surface area contributed by atoms with E-state index in [-0.39, 0.29) is 6.04 Å². The first kappa shape index (κ1) is 35.9. The van der Waals surface area contributed by atoms with Crippen molar-refractivity contribution in [2.75, 3.05) is 16.5 Å². The van der Waals surface area contributed by atoms with E-state index in [2.05, 4.69) is 157 Å². The summed E-state index contributed by atoms with van der Waals surface area (Å²) in [7, 11) is 0. The van der Waals surface area contributed by atoms with Gasteiger partial charge in [-0.1, -0.05) is 120 Å². The van der Waals surface area contributed by atoms with Crippen LogP contribution in [-0.2, 0) is 0 Å². The van der Waals surface area contributed by atoms with Crippen LogP contribution in [0.2, 0.25) is 0 Å². The van der Waals surface area contributed by atoms with Crippen LogP contribution in [0.25, 0.3) is 50.1 Å². The molecule has 5 aromatic carbocycles. The minimum absolute atomic E-state index is 0.0648. The van der Waals surface area contributed by atoms with Crippen LogP contribution in [0.15, 0.2) is 130 Å². The van der Waals surface area contributed by atoms with Gasteiger partial charge in [0.15, 0.2) is 0 Å². The van der Waals surface area contributed by atoms with Crippen LogP contribution < -0.4 is 9.80 Å². The van der Waals surface area contributed by atoms with E-state index in [1.54, 1.807) is 0 Å². The average Bonchev–Trinajstić information content (AvgIpc) is 3.41. The highest BCUT2D eigenvalue weighted by Crippen LogP contribution is 2.48. The maximum absolute atomic E-state index is 6.03. The molecule has 0 N–H and O–H groups in total. The van der Waals surface area contributed by atoms with Crippen molar-refractivity contribution in [3.8, 4) is 22.3 Å². The summed E-state index contributed by atoms with van der Waals surface area (Å²) < 4.78 is 6.03. The van der Waals surface area contributed by atoms with Crippen molar-refractivity contribution in [3.05, 3.63) is 132 Å². The lowest BCUT2D eigenvalue weighted by Gasteiger charge is -2.37. The second kappa shape index (κ2) is 16.4. The zero-order valence-corrected chi connectivity index (χ0v) is 31.0. The first-order valence-electron chi connectivity index (χ1n) is 18.1. The van der Waals surface area contributed by atoms with Crippen LogP contribution in [0, 0.1) is 6.92 Å². The molecule has 0 radical (unpaired) electrons. The van der Waals surface area contributed by atoms with Gasteiger partial charge in [0, 0.05) is 33.5 Å². The number of rotatable bonds is 7. The van der Waals surface area contributed by atoms with E-state index in [1.165, 1.54) is 44.4 Å². The Labute approximate surface area is 299 Å². The van der Waals surface area contributed by atoms with Crippen molar-refractivity contribution in [1.82, 2.24) is 0 Å². The molecule has 4 heteroatoms. The fourth-order valence-corrected chi connectivity index (χ4v) is 7.10. The molecule has 0 spiro atoms. The van der Waals surface area contributed by atoms with Gasteiger partial charge in [-0.05, 0) is 92.2 Å². The number of aryl methyl sites for hydroxylation is 1. The Bertz CT molecular complexity index is 2130. The van der Waals surface area contributed by atoms with E-state index in [0.717, 1.165) is 40.1 Å². The summed E-state index contributed by atoms with van der Waals surface area (Å²) >= 11 is 0. The van der Waals surface area contributed by atoms with E-state index in [1.807, 2.05) is 41.5 Å². The molecule has 256 valence electrons. The Morgan fingerprint density at radius 3 is 2.22 bits per heavy atom. The number of fused-ring (bicyclic) bond motifs is 6. The number of nitrogens with zero attached hydrogens (tertiary/aromatic N) is 3. The molecule has 1 atom stereocenters. The number of benzene rings is 5. The zero-order valence-electron chi connectivity index (χ0n) is 31.0. The zero-order chi connectivity index (χ0) is 35.8. The summed E-state index contributed by atoms with van der Waals surface area (Å²) in [6, 6.07) is 37.6. The van der Waals surface area contributed by atoms with Crippen molar-refractivity contribution in [3.63, 3.8) is 0 Å². The molecule has 1 aromatic heterocycles. The number of anilines is 3. The summed E-state index contributed by atoms with van der Waals surface area (Å²) in [5.41, 5.74) is 11.4. The van der Waals surface area contributed by atoms with E-state index < -0.39 is 0 Å². The third-order valence-electron chi connectivity index (χ3n) is 9.31. The first-order chi connectivity index (χ1) is 24.6. The molecule has 0 fully saturated rings. The molecule has 1 unspecified atom stereocenters. The van der Waals surface area contributed by atoms with E-state index in [4.69, 9.17) is 4.42 Å². The molecule has 0 bridgehead atoms. The molecule has 6 aromatic rings. The minimum atomic E-state index is 0.0648. The maximum Gasteiger partial charge on any atom is 0.134 e. The lowest BCUT2D eigenvalue weighted by molar-refractivity contribution is 0.577. The van der Waals surface area contributed by atoms with E-state index >= 15 is 0 Å². The van der Waals surface area contributed by atoms with Gasteiger partial charge in [0.1, 0.15) is 11.3 Å². The molecule has 1 aliphatic rings. The van der Waals surface area contributed by atoms with Gasteiger partial charge in [0.05, 0.1) is 24.1 Å². The highest BCUT2D eigenvalue weighted by molar-refractivity contribution is 6.07. The number of hydrogen-bond acceptors (Lipinski definition) is 4. The van der Waals surface area contributed by atoms with Gasteiger partial charge in [0.2, 0.25) is 0 Å². The second-order valence-electron chi connectivity index (χ2n) is 11.9. The van der Waals surface area contributed by atoms with Gasteiger partial charge in [-0.15, -0.1) is 0 Å². The van der Waals surface area contributed by atoms with Crippen molar-refractivity contribution < 1.29 is 4.42 Å². The molecule has 50 heavy (non-hydrogen) atoms. The highest BCUT2D eigenvalue weighted by Gasteiger charge is 2.31. The third kappa shape index (κ3) is 6.63. The van der Waals surface area contributed by atoms with Crippen molar-refractivity contribution in [2.24, 2.45) is 4.99 Å². The highest BCUT2D eigenvalue weighted by atomic mass is 16.3. The summed E-state index contributed by atoms with van der Waals surface area (Å²) in [4.78, 5) is 9.45. The Morgan fingerprint density at radius 1 is 0.820 bits per heavy atom. The fraction of sp³-hybridized carbons (Fsp3) is 0.239. The van der Waals surface area contributed by atoms with Crippen LogP contribution in [0.4, 0.5) is 17.1 Å². The number of furan rings is 1. The summed E-state index contributed by atoms with van der Waals surface area (Å²) in [5, 5.41) is 3.62. The summed E-state index contributed by atoms with van der Waals surface area (Å²) in [6.45, 7) is 21.0. The summed E-state index contributed by atoms with van der Waals surface area (Å²) in [5.74, 6) is 0.942. The minimum Gasteiger partial charge on any atom is -0.461 e. The first-order valence-corrected chi connectivity index (χ1v) is 18.1. The van der Waals surface area contributed by atoms with E-state index in [9.17, 15) is 0 Å². The fourth-order valence-electron chi connectivity index (χ4n) is 7.10. The van der Waals surface area contributed by atoms with Gasteiger partial charge in [-0.3, -0.25) is 4.99 Å². The van der Waals surface area contributed by atoms with Gasteiger partial charge in [-0.2, -0.15) is 0 Å². The van der Waals surface area contributed by atoms with Crippen molar-refractivity contribution in [1.29, 1.82) is 0 Å². The number of hydrogen-bond donors (Lipinski definition) is 0. The maximum atomic E-state index is 6.03. The van der Waals surface area contributed by atoms with Gasteiger partial charge in [-0.25, -0.2) is 0 Å². The normalized spacial score (nSPS) is 13.2. The summed E-state index contributed by atoms with van der Waals surface area (Å²) in [6.07, 6.45) is 7.19. The van der Waals surface area contributed by atoms with Gasteiger partial charge < -0.3 is 14.2 Å². The molecular formula is C46H51N3O. The van der Waals surface area contributed by atoms with Crippen LogP contribution in [-0.4, -0.2) is 19.4 Å². The van der Waals surface area contributed by atoms with Crippen LogP contribution >= 0.6 is 0 Å². The Kier molecular flexibility index (Phi) is 11.8. The lowest BCUT2D eigenvalue weighted by Crippen LogP contribution is -2.42. The number of para-hydroxylation sites is 1. The standard InChI is InChI=1S/C42H39N3O.2C2H6/c1-6-13-33-28(4)46-41-25-21-31(26-36(33)41)29-18-22-32(23-19-29)44-27-45(38(8-3)37(7-2)43-5)40-24-20-30-14-9-10-15-34(30)42(40)35-16-11-12-17-39(35)44;2*1-2/h6-7,9-26,38H,5,8,27H2,1-4H3;2*1-2H3/b13-6-,37-7+;;. The van der Waals surface area contributed by atoms with Crippen LogP contribution in [0.5, 0.6) is 0 Å². The smallest absolute Gasteiger partial charge is 0.134 e. The van der Waals surface area contributed by atoms with Crippen LogP contribution in [0.1, 0.15) is 66.2 Å². The van der Waals surface area contributed by atoms with Gasteiger partial charge >= 0.3 is 0 Å². The molecule has 1 aliphatic heterocycles. The Morgan fingerprint density at radius 2 is 1.52 bits per heavy atom. The lowest BCUT2D eigenvalue weighted by atomic mass is 9.94. The second-order valence-corrected chi connectivity index (χ2v) is 11.9. The molecule has 0 saturated carbocycles. The largest absolute Gasteiger partial charge is 0.461 e. The topological polar surface area (TPSA) is 32.0 Å². The van der Waals surface area contributed by atoms with Gasteiger partial charge in [0.25, 0.3) is 0 Å². The SMILES string of the molecule is C=N/C(=C/C)C(CC)N1CN(c2ccc(-c3ccc4oc(C)c(/C=C\C)c4c3)cc2)c2ccccc2-c2c1ccc1ccccc21.CC.CC. The number of allylic oxidation sites excluding steroid dienone is 2. The number of aliphatic imine (C=N–C) groups is 1. The molecular weight excluding hydrogens is 611 g/mol. The molecule has 0 aliphatic carbocycles.